The molecule has 1 aliphatic rings. The SMILES string of the molecule is C=CCC(C)C(C)NCC1CCOC1. The van der Waals surface area contributed by atoms with Crippen LogP contribution >= 0.6 is 0 Å². The van der Waals surface area contributed by atoms with Gasteiger partial charge in [0.15, 0.2) is 0 Å². The van der Waals surface area contributed by atoms with Crippen LogP contribution in [0.4, 0.5) is 0 Å². The first kappa shape index (κ1) is 11.7. The largest absolute Gasteiger partial charge is 0.381 e. The number of nitrogens with one attached hydrogen (secondary N) is 1. The van der Waals surface area contributed by atoms with Crippen LogP contribution in [0.3, 0.4) is 0 Å². The molecule has 0 bridgehead atoms. The lowest BCUT2D eigenvalue weighted by molar-refractivity contribution is 0.184. The second-order valence-electron chi connectivity index (χ2n) is 4.43. The first-order valence-corrected chi connectivity index (χ1v) is 5.66. The fourth-order valence-corrected chi connectivity index (χ4v) is 1.77. The summed E-state index contributed by atoms with van der Waals surface area (Å²) in [7, 11) is 0. The molecule has 1 heterocycles. The van der Waals surface area contributed by atoms with Crippen LogP contribution in [0.5, 0.6) is 0 Å². The number of hydrogen-bond acceptors (Lipinski definition) is 2. The second kappa shape index (κ2) is 6.20. The van der Waals surface area contributed by atoms with Crippen molar-refractivity contribution in [2.75, 3.05) is 19.8 Å². The van der Waals surface area contributed by atoms with Gasteiger partial charge in [-0.05, 0) is 31.6 Å². The fraction of sp³-hybridized carbons (Fsp3) is 0.833. The molecule has 0 aliphatic carbocycles. The summed E-state index contributed by atoms with van der Waals surface area (Å²) in [5, 5.41) is 3.58. The molecule has 0 saturated carbocycles. The number of rotatable bonds is 6. The summed E-state index contributed by atoms with van der Waals surface area (Å²) in [5.74, 6) is 1.41. The lowest BCUT2D eigenvalue weighted by atomic mass is 9.99. The van der Waals surface area contributed by atoms with Crippen molar-refractivity contribution in [3.8, 4) is 0 Å². The molecule has 0 spiro atoms. The van der Waals surface area contributed by atoms with E-state index in [0.29, 0.717) is 12.0 Å². The Morgan fingerprint density at radius 1 is 1.57 bits per heavy atom. The van der Waals surface area contributed by atoms with E-state index in [0.717, 1.165) is 32.1 Å². The van der Waals surface area contributed by atoms with Gasteiger partial charge in [0, 0.05) is 19.2 Å². The monoisotopic (exact) mass is 197 g/mol. The zero-order valence-corrected chi connectivity index (χ0v) is 9.46. The Kier molecular flexibility index (Phi) is 5.20. The highest BCUT2D eigenvalue weighted by Crippen LogP contribution is 2.13. The molecule has 0 aromatic heterocycles. The lowest BCUT2D eigenvalue weighted by Gasteiger charge is -2.21. The minimum Gasteiger partial charge on any atom is -0.381 e. The average Bonchev–Trinajstić information content (AvgIpc) is 2.67. The predicted octanol–water partition coefficient (Wildman–Crippen LogP) is 2.21. The summed E-state index contributed by atoms with van der Waals surface area (Å²) in [6.45, 7) is 11.3. The Bertz CT molecular complexity index is 164. The van der Waals surface area contributed by atoms with Gasteiger partial charge in [-0.3, -0.25) is 0 Å². The van der Waals surface area contributed by atoms with E-state index >= 15 is 0 Å². The third-order valence-corrected chi connectivity index (χ3v) is 3.14. The molecule has 82 valence electrons. The number of allylic oxidation sites excluding steroid dienone is 1. The van der Waals surface area contributed by atoms with E-state index in [2.05, 4.69) is 25.7 Å². The van der Waals surface area contributed by atoms with E-state index in [-0.39, 0.29) is 0 Å². The van der Waals surface area contributed by atoms with Crippen LogP contribution < -0.4 is 5.32 Å². The van der Waals surface area contributed by atoms with Crippen molar-refractivity contribution in [1.82, 2.24) is 5.32 Å². The van der Waals surface area contributed by atoms with Crippen LogP contribution in [0.2, 0.25) is 0 Å². The van der Waals surface area contributed by atoms with Gasteiger partial charge in [0.05, 0.1) is 6.61 Å². The molecule has 2 nitrogen and oxygen atoms in total. The predicted molar refractivity (Wildman–Crippen MR) is 60.4 cm³/mol. The van der Waals surface area contributed by atoms with Crippen molar-refractivity contribution in [3.05, 3.63) is 12.7 Å². The van der Waals surface area contributed by atoms with Crippen molar-refractivity contribution in [2.45, 2.75) is 32.7 Å². The van der Waals surface area contributed by atoms with Crippen molar-refractivity contribution >= 4 is 0 Å². The van der Waals surface area contributed by atoms with Crippen LogP contribution in [-0.4, -0.2) is 25.8 Å². The topological polar surface area (TPSA) is 21.3 Å². The van der Waals surface area contributed by atoms with Gasteiger partial charge in [-0.25, -0.2) is 0 Å². The minimum atomic E-state index is 0.577. The smallest absolute Gasteiger partial charge is 0.0507 e. The molecule has 14 heavy (non-hydrogen) atoms. The maximum Gasteiger partial charge on any atom is 0.0507 e. The Hall–Kier alpha value is -0.340. The standard InChI is InChI=1S/C12H23NO/c1-4-5-10(2)11(3)13-8-12-6-7-14-9-12/h4,10-13H,1,5-9H2,2-3H3. The van der Waals surface area contributed by atoms with E-state index in [1.807, 2.05) is 6.08 Å². The Morgan fingerprint density at radius 2 is 2.36 bits per heavy atom. The van der Waals surface area contributed by atoms with E-state index in [1.165, 1.54) is 6.42 Å². The zero-order chi connectivity index (χ0) is 10.4. The summed E-state index contributed by atoms with van der Waals surface area (Å²) >= 11 is 0. The maximum atomic E-state index is 5.34. The van der Waals surface area contributed by atoms with Crippen molar-refractivity contribution in [3.63, 3.8) is 0 Å². The molecule has 3 unspecified atom stereocenters. The summed E-state index contributed by atoms with van der Waals surface area (Å²) in [6.07, 6.45) is 4.31. The third kappa shape index (κ3) is 3.81. The molecule has 1 N–H and O–H groups in total. The summed E-state index contributed by atoms with van der Waals surface area (Å²) < 4.78 is 5.34. The van der Waals surface area contributed by atoms with Gasteiger partial charge in [-0.1, -0.05) is 13.0 Å². The van der Waals surface area contributed by atoms with Gasteiger partial charge in [0.1, 0.15) is 0 Å². The van der Waals surface area contributed by atoms with Gasteiger partial charge < -0.3 is 10.1 Å². The van der Waals surface area contributed by atoms with E-state index < -0.39 is 0 Å². The number of ether oxygens (including phenoxy) is 1. The van der Waals surface area contributed by atoms with E-state index in [1.54, 1.807) is 0 Å². The minimum absolute atomic E-state index is 0.577. The zero-order valence-electron chi connectivity index (χ0n) is 9.46. The van der Waals surface area contributed by atoms with Gasteiger partial charge in [-0.2, -0.15) is 0 Å². The summed E-state index contributed by atoms with van der Waals surface area (Å²) in [4.78, 5) is 0. The lowest BCUT2D eigenvalue weighted by Crippen LogP contribution is -2.35. The van der Waals surface area contributed by atoms with Crippen molar-refractivity contribution in [1.29, 1.82) is 0 Å². The van der Waals surface area contributed by atoms with Crippen LogP contribution in [0, 0.1) is 11.8 Å². The molecular weight excluding hydrogens is 174 g/mol. The first-order chi connectivity index (χ1) is 6.74. The van der Waals surface area contributed by atoms with Gasteiger partial charge in [0.25, 0.3) is 0 Å². The Balaban J connectivity index is 2.12. The molecule has 1 aliphatic heterocycles. The molecule has 0 aromatic rings. The molecular formula is C12H23NO. The first-order valence-electron chi connectivity index (χ1n) is 5.66. The van der Waals surface area contributed by atoms with Crippen LogP contribution in [0.1, 0.15) is 26.7 Å². The van der Waals surface area contributed by atoms with Gasteiger partial charge in [-0.15, -0.1) is 6.58 Å². The van der Waals surface area contributed by atoms with Crippen LogP contribution in [0.25, 0.3) is 0 Å². The van der Waals surface area contributed by atoms with Gasteiger partial charge >= 0.3 is 0 Å². The van der Waals surface area contributed by atoms with Crippen LogP contribution in [-0.2, 0) is 4.74 Å². The van der Waals surface area contributed by atoms with E-state index in [4.69, 9.17) is 4.74 Å². The fourth-order valence-electron chi connectivity index (χ4n) is 1.77. The van der Waals surface area contributed by atoms with Crippen LogP contribution in [0.15, 0.2) is 12.7 Å². The third-order valence-electron chi connectivity index (χ3n) is 3.14. The highest BCUT2D eigenvalue weighted by molar-refractivity contribution is 4.78. The molecule has 1 fully saturated rings. The van der Waals surface area contributed by atoms with Gasteiger partial charge in [0.2, 0.25) is 0 Å². The van der Waals surface area contributed by atoms with Crippen molar-refractivity contribution < 1.29 is 4.74 Å². The summed E-state index contributed by atoms with van der Waals surface area (Å²) in [5.41, 5.74) is 0. The molecule has 1 saturated heterocycles. The van der Waals surface area contributed by atoms with Crippen molar-refractivity contribution in [2.24, 2.45) is 11.8 Å². The quantitative estimate of drug-likeness (QED) is 0.659. The van der Waals surface area contributed by atoms with E-state index in [9.17, 15) is 0 Å². The highest BCUT2D eigenvalue weighted by atomic mass is 16.5. The average molecular weight is 197 g/mol. The second-order valence-corrected chi connectivity index (χ2v) is 4.43. The molecule has 0 aromatic carbocycles. The molecule has 0 radical (unpaired) electrons. The molecule has 0 amide bonds. The molecule has 1 rings (SSSR count). The Morgan fingerprint density at radius 3 is 2.93 bits per heavy atom. The highest BCUT2D eigenvalue weighted by Gasteiger charge is 2.17. The normalized spacial score (nSPS) is 26.0. The molecule has 3 atom stereocenters. The summed E-state index contributed by atoms with van der Waals surface area (Å²) in [6, 6.07) is 0.577. The maximum absolute atomic E-state index is 5.34. The molecule has 2 heteroatoms. The number of hydrogen-bond donors (Lipinski definition) is 1. The Labute approximate surface area is 87.7 Å².